The van der Waals surface area contributed by atoms with Crippen LogP contribution >= 0.6 is 0 Å². The highest BCUT2D eigenvalue weighted by Crippen LogP contribution is 2.24. The van der Waals surface area contributed by atoms with Crippen molar-refractivity contribution in [2.24, 2.45) is 0 Å². The first-order valence-electron chi connectivity index (χ1n) is 9.85. The van der Waals surface area contributed by atoms with Gasteiger partial charge in [-0.2, -0.15) is 0 Å². The van der Waals surface area contributed by atoms with Gasteiger partial charge in [0.15, 0.2) is 0 Å². The number of amides is 2. The van der Waals surface area contributed by atoms with E-state index in [2.05, 4.69) is 4.98 Å². The number of piperazine rings is 1. The number of H-pyrrole nitrogens is 1. The van der Waals surface area contributed by atoms with Gasteiger partial charge < -0.3 is 14.8 Å². The van der Waals surface area contributed by atoms with Crippen LogP contribution in [0.2, 0.25) is 0 Å². The minimum atomic E-state index is -0.756. The maximum absolute atomic E-state index is 14.2. The first-order chi connectivity index (χ1) is 14.4. The first kappa shape index (κ1) is 19.8. The van der Waals surface area contributed by atoms with Crippen molar-refractivity contribution < 1.29 is 18.8 Å². The Bertz CT molecular complexity index is 1130. The number of nitrogens with one attached hydrogen (secondary N) is 1. The van der Waals surface area contributed by atoms with E-state index in [1.54, 1.807) is 42.2 Å². The molecule has 6 nitrogen and oxygen atoms in total. The average Bonchev–Trinajstić information content (AvgIpc) is 3.19. The van der Waals surface area contributed by atoms with Gasteiger partial charge >= 0.3 is 0 Å². The number of carbonyl (C=O) groups excluding carboxylic acids is 3. The highest BCUT2D eigenvalue weighted by Gasteiger charge is 2.37. The Morgan fingerprint density at radius 3 is 2.33 bits per heavy atom. The van der Waals surface area contributed by atoms with E-state index >= 15 is 0 Å². The average molecular weight is 407 g/mol. The Hall–Kier alpha value is -3.48. The van der Waals surface area contributed by atoms with Gasteiger partial charge in [-0.25, -0.2) is 4.39 Å². The zero-order chi connectivity index (χ0) is 21.4. The van der Waals surface area contributed by atoms with E-state index in [-0.39, 0.29) is 35.5 Å². The molecule has 2 amide bonds. The molecule has 2 heterocycles. The number of carbonyl (C=O) groups is 3. The summed E-state index contributed by atoms with van der Waals surface area (Å²) >= 11 is 0. The van der Waals surface area contributed by atoms with E-state index in [0.717, 1.165) is 0 Å². The van der Waals surface area contributed by atoms with Gasteiger partial charge in [0, 0.05) is 47.8 Å². The van der Waals surface area contributed by atoms with Gasteiger partial charge in [0.25, 0.3) is 17.6 Å². The second kappa shape index (κ2) is 7.74. The molecule has 1 fully saturated rings. The molecule has 0 bridgehead atoms. The Balaban J connectivity index is 1.54. The topological polar surface area (TPSA) is 73.5 Å². The molecule has 1 aromatic heterocycles. The third-order valence-corrected chi connectivity index (χ3v) is 5.62. The fraction of sp³-hybridized carbons (Fsp3) is 0.261. The van der Waals surface area contributed by atoms with Gasteiger partial charge in [-0.05, 0) is 38.1 Å². The molecule has 3 aromatic rings. The van der Waals surface area contributed by atoms with Crippen molar-refractivity contribution in [2.75, 3.05) is 13.1 Å². The second-order valence-corrected chi connectivity index (χ2v) is 7.67. The van der Waals surface area contributed by atoms with Crippen molar-refractivity contribution in [1.29, 1.82) is 0 Å². The molecule has 0 unspecified atom stereocenters. The Kier molecular flexibility index (Phi) is 5.11. The van der Waals surface area contributed by atoms with E-state index in [1.807, 2.05) is 13.0 Å². The zero-order valence-electron chi connectivity index (χ0n) is 16.8. The summed E-state index contributed by atoms with van der Waals surface area (Å²) in [5.74, 6) is -2.10. The quantitative estimate of drug-likeness (QED) is 0.535. The lowest BCUT2D eigenvalue weighted by Crippen LogP contribution is -2.60. The van der Waals surface area contributed by atoms with Crippen molar-refractivity contribution in [1.82, 2.24) is 14.8 Å². The van der Waals surface area contributed by atoms with Crippen molar-refractivity contribution in [3.8, 4) is 0 Å². The van der Waals surface area contributed by atoms with Gasteiger partial charge in [-0.1, -0.05) is 24.3 Å². The first-order valence-corrected chi connectivity index (χ1v) is 9.85. The van der Waals surface area contributed by atoms with Gasteiger partial charge in [0.2, 0.25) is 0 Å². The van der Waals surface area contributed by atoms with Crippen molar-refractivity contribution >= 4 is 28.5 Å². The number of halogens is 1. The summed E-state index contributed by atoms with van der Waals surface area (Å²) in [4.78, 5) is 44.8. The molecule has 0 radical (unpaired) electrons. The molecule has 0 spiro atoms. The summed E-state index contributed by atoms with van der Waals surface area (Å²) in [5.41, 5.74) is 1.07. The van der Waals surface area contributed by atoms with Crippen LogP contribution in [0.1, 0.15) is 34.6 Å². The number of rotatable bonds is 3. The number of hydrogen-bond donors (Lipinski definition) is 1. The van der Waals surface area contributed by atoms with Gasteiger partial charge in [-0.15, -0.1) is 0 Å². The lowest BCUT2D eigenvalue weighted by Gasteiger charge is -2.43. The normalized spacial score (nSPS) is 19.2. The van der Waals surface area contributed by atoms with Crippen LogP contribution in [0.25, 0.3) is 10.9 Å². The fourth-order valence-electron chi connectivity index (χ4n) is 4.00. The molecule has 7 heteroatoms. The number of Topliss-reactive ketones (excluding diaryl/α,β-unsaturated/α-hetero) is 1. The monoisotopic (exact) mass is 407 g/mol. The van der Waals surface area contributed by atoms with Crippen molar-refractivity contribution in [3.05, 3.63) is 71.7 Å². The number of ketones is 1. The number of fused-ring (bicyclic) bond motifs is 1. The molecule has 0 aliphatic carbocycles. The third-order valence-electron chi connectivity index (χ3n) is 5.62. The molecule has 1 saturated heterocycles. The van der Waals surface area contributed by atoms with Gasteiger partial charge in [0.1, 0.15) is 5.82 Å². The predicted molar refractivity (Wildman–Crippen MR) is 111 cm³/mol. The highest BCUT2D eigenvalue weighted by atomic mass is 19.1. The smallest absolute Gasteiger partial charge is 0.295 e. The van der Waals surface area contributed by atoms with Crippen LogP contribution in [0, 0.1) is 5.82 Å². The van der Waals surface area contributed by atoms with Crippen LogP contribution in [0.15, 0.2) is 54.7 Å². The Labute approximate surface area is 173 Å². The van der Waals surface area contributed by atoms with Gasteiger partial charge in [-0.3, -0.25) is 14.4 Å². The van der Waals surface area contributed by atoms with Crippen LogP contribution in [0.4, 0.5) is 4.39 Å². The minimum absolute atomic E-state index is 0.0238. The Morgan fingerprint density at radius 2 is 1.60 bits per heavy atom. The second-order valence-electron chi connectivity index (χ2n) is 7.67. The SMILES string of the molecule is C[C@@H]1CN(C(=O)c2ccccc2)[C@@H](C)CN1C(=O)C(=O)c1c[nH]c2cccc(F)c12. The summed E-state index contributed by atoms with van der Waals surface area (Å²) in [6.07, 6.45) is 1.37. The molecule has 154 valence electrons. The van der Waals surface area contributed by atoms with Crippen molar-refractivity contribution in [2.45, 2.75) is 25.9 Å². The van der Waals surface area contributed by atoms with Crippen LogP contribution < -0.4 is 0 Å². The molecular formula is C23H22FN3O3. The van der Waals surface area contributed by atoms with E-state index in [4.69, 9.17) is 0 Å². The summed E-state index contributed by atoms with van der Waals surface area (Å²) in [6.45, 7) is 4.20. The van der Waals surface area contributed by atoms with E-state index in [9.17, 15) is 18.8 Å². The number of aromatic nitrogens is 1. The van der Waals surface area contributed by atoms with Crippen LogP contribution in [0.5, 0.6) is 0 Å². The molecule has 4 rings (SSSR count). The summed E-state index contributed by atoms with van der Waals surface area (Å²) in [5, 5.41) is 0.120. The zero-order valence-corrected chi connectivity index (χ0v) is 16.8. The predicted octanol–water partition coefficient (Wildman–Crippen LogP) is 3.25. The largest absolute Gasteiger partial charge is 0.360 e. The minimum Gasteiger partial charge on any atom is -0.360 e. The molecule has 30 heavy (non-hydrogen) atoms. The van der Waals surface area contributed by atoms with Gasteiger partial charge in [0.05, 0.1) is 5.56 Å². The van der Waals surface area contributed by atoms with Crippen LogP contribution in [-0.4, -0.2) is 57.6 Å². The molecule has 2 atom stereocenters. The van der Waals surface area contributed by atoms with E-state index in [1.165, 1.54) is 23.2 Å². The molecule has 1 aliphatic heterocycles. The summed E-state index contributed by atoms with van der Waals surface area (Å²) in [7, 11) is 0. The summed E-state index contributed by atoms with van der Waals surface area (Å²) in [6, 6.07) is 12.8. The molecule has 1 N–H and O–H groups in total. The van der Waals surface area contributed by atoms with Crippen molar-refractivity contribution in [3.63, 3.8) is 0 Å². The van der Waals surface area contributed by atoms with E-state index in [0.29, 0.717) is 17.6 Å². The highest BCUT2D eigenvalue weighted by molar-refractivity contribution is 6.45. The number of hydrogen-bond acceptors (Lipinski definition) is 3. The fourth-order valence-corrected chi connectivity index (χ4v) is 4.00. The number of benzene rings is 2. The lowest BCUT2D eigenvalue weighted by atomic mass is 10.0. The standard InChI is InChI=1S/C23H22FN3O3/c1-14-13-27(15(2)12-26(14)22(29)16-7-4-3-5-8-16)23(30)21(28)17-11-25-19-10-6-9-18(24)20(17)19/h3-11,14-15,25H,12-13H2,1-2H3/t14-,15+/m0/s1. The maximum Gasteiger partial charge on any atom is 0.295 e. The molecular weight excluding hydrogens is 385 g/mol. The molecule has 0 saturated carbocycles. The van der Waals surface area contributed by atoms with Crippen LogP contribution in [0.3, 0.4) is 0 Å². The maximum atomic E-state index is 14.2. The van der Waals surface area contributed by atoms with Crippen LogP contribution in [-0.2, 0) is 4.79 Å². The lowest BCUT2D eigenvalue weighted by molar-refractivity contribution is -0.131. The number of nitrogens with zero attached hydrogens (tertiary/aromatic N) is 2. The van der Waals surface area contributed by atoms with E-state index < -0.39 is 17.5 Å². The third kappa shape index (κ3) is 3.36. The summed E-state index contributed by atoms with van der Waals surface area (Å²) < 4.78 is 14.2. The Morgan fingerprint density at radius 1 is 0.933 bits per heavy atom. The molecule has 2 aromatic carbocycles. The number of aromatic amines is 1. The molecule has 1 aliphatic rings.